The molecule has 3 aliphatic rings. The molecule has 3 heterocycles. The predicted octanol–water partition coefficient (Wildman–Crippen LogP) is -0.619. The number of rotatable bonds is 6. The van der Waals surface area contributed by atoms with Crippen molar-refractivity contribution in [3.05, 3.63) is 29.3 Å². The molecule has 0 saturated carbocycles. The molecule has 160 valence electrons. The van der Waals surface area contributed by atoms with Crippen LogP contribution in [-0.2, 0) is 9.59 Å². The Morgan fingerprint density at radius 3 is 2.53 bits per heavy atom. The maximum absolute atomic E-state index is 13.1. The van der Waals surface area contributed by atoms with Crippen molar-refractivity contribution in [2.75, 3.05) is 44.7 Å². The van der Waals surface area contributed by atoms with Crippen molar-refractivity contribution in [2.45, 2.75) is 25.3 Å². The molecule has 2 fully saturated rings. The Balaban J connectivity index is 1.48. The molecule has 10 nitrogen and oxygen atoms in total. The van der Waals surface area contributed by atoms with E-state index in [1.807, 2.05) is 5.01 Å². The smallest absolute Gasteiger partial charge is 0.264 e. The fraction of sp³-hybridized carbons (Fsp3) is 0.500. The zero-order valence-electron chi connectivity index (χ0n) is 16.7. The molecule has 10 heteroatoms. The molecule has 4 rings (SSSR count). The van der Waals surface area contributed by atoms with Crippen LogP contribution in [0.3, 0.4) is 0 Å². The minimum Gasteiger partial charge on any atom is -0.330 e. The number of anilines is 1. The molecule has 0 bridgehead atoms. The summed E-state index contributed by atoms with van der Waals surface area (Å²) >= 11 is 0. The van der Waals surface area contributed by atoms with E-state index in [-0.39, 0.29) is 29.9 Å². The van der Waals surface area contributed by atoms with Crippen LogP contribution in [0.5, 0.6) is 0 Å². The highest BCUT2D eigenvalue weighted by atomic mass is 16.2. The molecule has 4 amide bonds. The number of hydrogen-bond donors (Lipinski definition) is 3. The molecular weight excluding hydrogens is 388 g/mol. The van der Waals surface area contributed by atoms with Crippen LogP contribution in [0.25, 0.3) is 0 Å². The number of nitrogens with zero attached hydrogens (tertiary/aromatic N) is 3. The minimum absolute atomic E-state index is 0.101. The lowest BCUT2D eigenvalue weighted by atomic mass is 10.0. The normalized spacial score (nSPS) is 23.0. The Morgan fingerprint density at radius 2 is 1.83 bits per heavy atom. The highest BCUT2D eigenvalue weighted by molar-refractivity contribution is 6.25. The van der Waals surface area contributed by atoms with E-state index in [0.717, 1.165) is 44.0 Å². The summed E-state index contributed by atoms with van der Waals surface area (Å²) in [4.78, 5) is 53.0. The first kappa shape index (κ1) is 20.5. The van der Waals surface area contributed by atoms with Gasteiger partial charge >= 0.3 is 0 Å². The van der Waals surface area contributed by atoms with Gasteiger partial charge in [-0.1, -0.05) is 6.07 Å². The first-order valence-corrected chi connectivity index (χ1v) is 10.3. The molecule has 1 atom stereocenters. The number of hydrazine groups is 1. The maximum atomic E-state index is 13.1. The second-order valence-electron chi connectivity index (χ2n) is 7.76. The summed E-state index contributed by atoms with van der Waals surface area (Å²) in [6, 6.07) is 4.11. The zero-order chi connectivity index (χ0) is 21.3. The lowest BCUT2D eigenvalue weighted by Crippen LogP contribution is -2.54. The number of imide groups is 2. The fourth-order valence-corrected chi connectivity index (χ4v) is 4.18. The van der Waals surface area contributed by atoms with Gasteiger partial charge in [0.1, 0.15) is 6.04 Å². The van der Waals surface area contributed by atoms with Crippen LogP contribution in [0.15, 0.2) is 18.2 Å². The second kappa shape index (κ2) is 8.50. The molecular formula is C20H26N6O4. The van der Waals surface area contributed by atoms with Crippen LogP contribution in [0.1, 0.15) is 40.0 Å². The number of nitrogens with one attached hydrogen (secondary N) is 2. The number of hydrogen-bond acceptors (Lipinski definition) is 8. The van der Waals surface area contributed by atoms with Crippen molar-refractivity contribution in [1.82, 2.24) is 20.1 Å². The predicted molar refractivity (Wildman–Crippen MR) is 108 cm³/mol. The molecule has 1 aromatic rings. The topological polar surface area (TPSA) is 128 Å². The van der Waals surface area contributed by atoms with Gasteiger partial charge in [0, 0.05) is 32.6 Å². The van der Waals surface area contributed by atoms with Crippen molar-refractivity contribution in [3.63, 3.8) is 0 Å². The van der Waals surface area contributed by atoms with Crippen LogP contribution < -0.4 is 16.5 Å². The van der Waals surface area contributed by atoms with Crippen molar-refractivity contribution < 1.29 is 19.2 Å². The van der Waals surface area contributed by atoms with Gasteiger partial charge in [0.2, 0.25) is 11.8 Å². The summed E-state index contributed by atoms with van der Waals surface area (Å²) in [5, 5.41) is 4.24. The van der Waals surface area contributed by atoms with Crippen LogP contribution >= 0.6 is 0 Å². The number of fused-ring (bicyclic) bond motifs is 1. The van der Waals surface area contributed by atoms with E-state index in [2.05, 4.69) is 15.6 Å². The number of carbonyl (C=O) groups excluding carboxylic acids is 4. The molecule has 3 aliphatic heterocycles. The van der Waals surface area contributed by atoms with E-state index in [4.69, 9.17) is 5.73 Å². The van der Waals surface area contributed by atoms with Crippen LogP contribution in [-0.4, -0.2) is 83.7 Å². The summed E-state index contributed by atoms with van der Waals surface area (Å²) in [6.07, 6.45) is 1.21. The van der Waals surface area contributed by atoms with E-state index in [9.17, 15) is 19.2 Å². The van der Waals surface area contributed by atoms with Gasteiger partial charge in [0.25, 0.3) is 11.8 Å². The Hall–Kier alpha value is -2.82. The summed E-state index contributed by atoms with van der Waals surface area (Å²) in [5.74, 6) is -2.00. The van der Waals surface area contributed by atoms with Gasteiger partial charge in [-0.3, -0.25) is 29.4 Å². The molecule has 0 aromatic heterocycles. The lowest BCUT2D eigenvalue weighted by Gasteiger charge is -2.35. The van der Waals surface area contributed by atoms with Gasteiger partial charge in [-0.2, -0.15) is 0 Å². The van der Waals surface area contributed by atoms with Crippen LogP contribution in [0.2, 0.25) is 0 Å². The quantitative estimate of drug-likeness (QED) is 0.526. The number of benzene rings is 1. The van der Waals surface area contributed by atoms with Gasteiger partial charge in [-0.05, 0) is 38.1 Å². The van der Waals surface area contributed by atoms with Crippen molar-refractivity contribution >= 4 is 29.3 Å². The lowest BCUT2D eigenvalue weighted by molar-refractivity contribution is -0.136. The van der Waals surface area contributed by atoms with Gasteiger partial charge in [-0.15, -0.1) is 0 Å². The Morgan fingerprint density at radius 1 is 1.07 bits per heavy atom. The molecule has 0 aliphatic carbocycles. The average Bonchev–Trinajstić information content (AvgIpc) is 2.99. The van der Waals surface area contributed by atoms with Crippen LogP contribution in [0.4, 0.5) is 5.69 Å². The molecule has 2 saturated heterocycles. The highest BCUT2D eigenvalue weighted by Crippen LogP contribution is 2.32. The molecule has 1 unspecified atom stereocenters. The summed E-state index contributed by atoms with van der Waals surface area (Å²) < 4.78 is 0. The number of nitrogens with two attached hydrogens (primary N) is 1. The molecule has 4 N–H and O–H groups in total. The Bertz CT molecular complexity index is 880. The average molecular weight is 414 g/mol. The third kappa shape index (κ3) is 3.81. The van der Waals surface area contributed by atoms with Gasteiger partial charge < -0.3 is 16.1 Å². The van der Waals surface area contributed by atoms with E-state index >= 15 is 0 Å². The largest absolute Gasteiger partial charge is 0.330 e. The highest BCUT2D eigenvalue weighted by Gasteiger charge is 2.45. The van der Waals surface area contributed by atoms with Gasteiger partial charge in [0.15, 0.2) is 0 Å². The molecule has 0 radical (unpaired) electrons. The second-order valence-corrected chi connectivity index (χ2v) is 7.76. The van der Waals surface area contributed by atoms with E-state index in [0.29, 0.717) is 12.2 Å². The molecule has 0 spiro atoms. The first-order valence-electron chi connectivity index (χ1n) is 10.3. The Labute approximate surface area is 174 Å². The van der Waals surface area contributed by atoms with Gasteiger partial charge in [-0.25, -0.2) is 5.01 Å². The minimum atomic E-state index is -0.964. The van der Waals surface area contributed by atoms with Crippen molar-refractivity contribution in [2.24, 2.45) is 5.73 Å². The first-order chi connectivity index (χ1) is 14.5. The maximum Gasteiger partial charge on any atom is 0.264 e. The van der Waals surface area contributed by atoms with Gasteiger partial charge in [0.05, 0.1) is 16.8 Å². The Kier molecular flexibility index (Phi) is 5.80. The van der Waals surface area contributed by atoms with Crippen molar-refractivity contribution in [1.29, 1.82) is 0 Å². The van der Waals surface area contributed by atoms with E-state index in [1.54, 1.807) is 18.2 Å². The van der Waals surface area contributed by atoms with Crippen molar-refractivity contribution in [3.8, 4) is 0 Å². The third-order valence-corrected chi connectivity index (χ3v) is 5.80. The number of amides is 4. The third-order valence-electron chi connectivity index (χ3n) is 5.80. The number of piperidine rings is 1. The molecule has 1 aromatic carbocycles. The number of carbonyl (C=O) groups is 4. The summed E-state index contributed by atoms with van der Waals surface area (Å²) in [5.41, 5.74) is 9.96. The van der Waals surface area contributed by atoms with E-state index < -0.39 is 23.8 Å². The SMILES string of the molecule is NCCCN1CCN(Nc2cccc3c2C(=O)N(C2CCC(=O)NC2=O)C3=O)CC1. The standard InChI is InChI=1S/C20H26N6O4/c21-7-2-8-24-9-11-25(12-10-24)23-14-4-1-3-13-17(14)20(30)26(19(13)29)15-5-6-16(27)22-18(15)28/h1,3-4,15,23H,2,5-12,21H2,(H,22,27,28). The van der Waals surface area contributed by atoms with Crippen LogP contribution in [0, 0.1) is 0 Å². The molecule has 30 heavy (non-hydrogen) atoms. The zero-order valence-corrected chi connectivity index (χ0v) is 16.7. The fourth-order valence-electron chi connectivity index (χ4n) is 4.18. The van der Waals surface area contributed by atoms with E-state index in [1.165, 1.54) is 0 Å². The summed E-state index contributed by atoms with van der Waals surface area (Å²) in [6.45, 7) is 4.96. The monoisotopic (exact) mass is 414 g/mol. The summed E-state index contributed by atoms with van der Waals surface area (Å²) in [7, 11) is 0. The number of piperazine rings is 1.